The normalized spacial score (nSPS) is 26.6. The van der Waals surface area contributed by atoms with Crippen molar-refractivity contribution in [1.29, 1.82) is 0 Å². The average molecular weight is 611 g/mol. The third-order valence-electron chi connectivity index (χ3n) is 9.32. The highest BCUT2D eigenvalue weighted by atomic mass is 16.5. The van der Waals surface area contributed by atoms with Crippen LogP contribution in [0.15, 0.2) is 67.3 Å². The Morgan fingerprint density at radius 1 is 1.20 bits per heavy atom. The minimum absolute atomic E-state index is 0.191. The van der Waals surface area contributed by atoms with Crippen molar-refractivity contribution in [3.63, 3.8) is 0 Å². The highest BCUT2D eigenvalue weighted by Crippen LogP contribution is 2.44. The predicted molar refractivity (Wildman–Crippen MR) is 173 cm³/mol. The fourth-order valence-electron chi connectivity index (χ4n) is 6.55. The SMILES string of the molecule is C=C[C@@H]1C[C@@]1(C)NC(=O)[C@@H]1C[C@@H]2CN1C(=O)[C@H](CCCC)NC(=O)OCCCc1ccc3nc(-c4ccccc4)cc(c3c1)O2. The van der Waals surface area contributed by atoms with Gasteiger partial charge in [-0.05, 0) is 50.3 Å². The molecule has 2 aliphatic heterocycles. The van der Waals surface area contributed by atoms with Crippen LogP contribution in [0.3, 0.4) is 0 Å². The van der Waals surface area contributed by atoms with Crippen LogP contribution in [0.25, 0.3) is 22.2 Å². The summed E-state index contributed by atoms with van der Waals surface area (Å²) in [6.07, 6.45) is 5.30. The zero-order valence-corrected chi connectivity index (χ0v) is 26.1. The van der Waals surface area contributed by atoms with Crippen molar-refractivity contribution in [2.45, 2.75) is 82.5 Å². The molecule has 1 aliphatic carbocycles. The van der Waals surface area contributed by atoms with Gasteiger partial charge in [0.2, 0.25) is 11.8 Å². The van der Waals surface area contributed by atoms with E-state index in [2.05, 4.69) is 23.3 Å². The Kier molecular flexibility index (Phi) is 8.79. The minimum Gasteiger partial charge on any atom is -0.488 e. The summed E-state index contributed by atoms with van der Waals surface area (Å²) in [5.41, 5.74) is 3.25. The quantitative estimate of drug-likeness (QED) is 0.339. The largest absolute Gasteiger partial charge is 0.488 e. The lowest BCUT2D eigenvalue weighted by Crippen LogP contribution is -2.55. The molecule has 3 amide bonds. The Hall–Kier alpha value is -4.40. The number of hydrogen-bond donors (Lipinski definition) is 2. The van der Waals surface area contributed by atoms with Crippen LogP contribution in [0.2, 0.25) is 0 Å². The van der Waals surface area contributed by atoms with Crippen molar-refractivity contribution in [1.82, 2.24) is 20.5 Å². The summed E-state index contributed by atoms with van der Waals surface area (Å²) < 4.78 is 12.2. The van der Waals surface area contributed by atoms with Gasteiger partial charge in [-0.25, -0.2) is 9.78 Å². The summed E-state index contributed by atoms with van der Waals surface area (Å²) in [5.74, 6) is 0.338. The van der Waals surface area contributed by atoms with Crippen LogP contribution in [0, 0.1) is 5.92 Å². The van der Waals surface area contributed by atoms with Crippen molar-refractivity contribution in [2.24, 2.45) is 5.92 Å². The summed E-state index contributed by atoms with van der Waals surface area (Å²) >= 11 is 0. The molecule has 5 atom stereocenters. The number of amides is 3. The first kappa shape index (κ1) is 30.6. The molecule has 2 N–H and O–H groups in total. The van der Waals surface area contributed by atoms with Gasteiger partial charge in [0, 0.05) is 34.9 Å². The Morgan fingerprint density at radius 3 is 2.78 bits per heavy atom. The van der Waals surface area contributed by atoms with Gasteiger partial charge in [0.25, 0.3) is 0 Å². The number of hydrogen-bond acceptors (Lipinski definition) is 6. The van der Waals surface area contributed by atoms with Crippen molar-refractivity contribution in [3.8, 4) is 17.0 Å². The second-order valence-corrected chi connectivity index (χ2v) is 12.7. The number of nitrogens with zero attached hydrogens (tertiary/aromatic N) is 2. The van der Waals surface area contributed by atoms with E-state index in [1.54, 1.807) is 4.90 Å². The van der Waals surface area contributed by atoms with E-state index >= 15 is 0 Å². The van der Waals surface area contributed by atoms with Crippen LogP contribution >= 0.6 is 0 Å². The second kappa shape index (κ2) is 12.9. The van der Waals surface area contributed by atoms with Gasteiger partial charge >= 0.3 is 6.09 Å². The molecule has 3 aromatic rings. The van der Waals surface area contributed by atoms with Crippen LogP contribution < -0.4 is 15.4 Å². The van der Waals surface area contributed by atoms with E-state index in [-0.39, 0.29) is 36.4 Å². The number of benzene rings is 2. The number of carbonyl (C=O) groups is 3. The lowest BCUT2D eigenvalue weighted by atomic mass is 10.0. The highest BCUT2D eigenvalue weighted by molar-refractivity contribution is 5.93. The van der Waals surface area contributed by atoms with E-state index in [1.165, 1.54) is 0 Å². The third-order valence-corrected chi connectivity index (χ3v) is 9.32. The van der Waals surface area contributed by atoms with Gasteiger partial charge in [0.1, 0.15) is 23.9 Å². The first-order valence-electron chi connectivity index (χ1n) is 16.1. The van der Waals surface area contributed by atoms with E-state index < -0.39 is 24.3 Å². The van der Waals surface area contributed by atoms with Gasteiger partial charge in [-0.2, -0.15) is 0 Å². The number of aromatic nitrogens is 1. The summed E-state index contributed by atoms with van der Waals surface area (Å²) in [7, 11) is 0. The number of alkyl carbamates (subject to hydrolysis) is 1. The van der Waals surface area contributed by atoms with Crippen LogP contribution in [0.1, 0.15) is 57.9 Å². The average Bonchev–Trinajstić information content (AvgIpc) is 3.50. The molecule has 6 rings (SSSR count). The van der Waals surface area contributed by atoms with E-state index in [0.29, 0.717) is 31.4 Å². The van der Waals surface area contributed by atoms with Gasteiger partial charge < -0.3 is 25.0 Å². The lowest BCUT2D eigenvalue weighted by molar-refractivity contribution is -0.140. The highest BCUT2D eigenvalue weighted by Gasteiger charge is 2.52. The number of cyclic esters (lactones) is 1. The molecule has 45 heavy (non-hydrogen) atoms. The first-order valence-corrected chi connectivity index (χ1v) is 16.1. The maximum Gasteiger partial charge on any atom is 0.407 e. The van der Waals surface area contributed by atoms with Gasteiger partial charge in [0.15, 0.2) is 0 Å². The number of pyridine rings is 1. The molecule has 0 radical (unpaired) electrons. The van der Waals surface area contributed by atoms with Gasteiger partial charge in [0.05, 0.1) is 24.4 Å². The molecule has 2 fully saturated rings. The molecule has 9 nitrogen and oxygen atoms in total. The lowest BCUT2D eigenvalue weighted by Gasteiger charge is -2.29. The topological polar surface area (TPSA) is 110 Å². The molecule has 3 aliphatic rings. The molecule has 0 spiro atoms. The van der Waals surface area contributed by atoms with Crippen molar-refractivity contribution >= 4 is 28.8 Å². The number of unbranched alkanes of at least 4 members (excludes halogenated alkanes) is 1. The molecule has 1 aromatic heterocycles. The second-order valence-electron chi connectivity index (χ2n) is 12.7. The van der Waals surface area contributed by atoms with Crippen LogP contribution in [0.5, 0.6) is 5.75 Å². The zero-order chi connectivity index (χ0) is 31.6. The van der Waals surface area contributed by atoms with Crippen LogP contribution in [-0.4, -0.2) is 64.7 Å². The number of fused-ring (bicyclic) bond motifs is 3. The maximum absolute atomic E-state index is 14.1. The molecular formula is C36H42N4O5. The molecule has 1 saturated heterocycles. The number of nitrogens with one attached hydrogen (secondary N) is 2. The van der Waals surface area contributed by atoms with Crippen LogP contribution in [-0.2, 0) is 20.7 Å². The molecule has 9 heteroatoms. The van der Waals surface area contributed by atoms with Crippen LogP contribution in [0.4, 0.5) is 4.79 Å². The molecule has 4 bridgehead atoms. The smallest absolute Gasteiger partial charge is 0.407 e. The fourth-order valence-corrected chi connectivity index (χ4v) is 6.55. The van der Waals surface area contributed by atoms with Gasteiger partial charge in [-0.15, -0.1) is 6.58 Å². The number of rotatable bonds is 7. The van der Waals surface area contributed by atoms with Crippen molar-refractivity contribution < 1.29 is 23.9 Å². The number of aryl methyl sites for hydroxylation is 1. The Labute approximate surface area is 264 Å². The van der Waals surface area contributed by atoms with Gasteiger partial charge in [-0.1, -0.05) is 62.2 Å². The molecule has 1 saturated carbocycles. The minimum atomic E-state index is -0.804. The molecule has 0 unspecified atom stereocenters. The standard InChI is InChI=1S/C36H42N4O5/c1-4-6-14-29-34(42)40-22-26(19-31(40)33(41)39-36(3)21-25(36)5-2)45-32-20-30(24-12-8-7-9-13-24)37-28-16-15-23(18-27(28)32)11-10-17-44-35(43)38-29/h5,7-9,12-13,15-16,18,20,25-26,29,31H,2,4,6,10-11,14,17,19,21-22H2,1,3H3,(H,38,43)(H,39,41)/t25-,26-,29+,31+,36-/m1/s1. The van der Waals surface area contributed by atoms with Crippen molar-refractivity contribution in [2.75, 3.05) is 13.2 Å². The number of ether oxygens (including phenoxy) is 2. The Morgan fingerprint density at radius 2 is 2.02 bits per heavy atom. The van der Waals surface area contributed by atoms with Crippen molar-refractivity contribution in [3.05, 3.63) is 72.8 Å². The summed E-state index contributed by atoms with van der Waals surface area (Å²) in [6, 6.07) is 16.5. The fraction of sp³-hybridized carbons (Fsp3) is 0.444. The van der Waals surface area contributed by atoms with Gasteiger partial charge in [-0.3, -0.25) is 9.59 Å². The monoisotopic (exact) mass is 610 g/mol. The Balaban J connectivity index is 1.38. The predicted octanol–water partition coefficient (Wildman–Crippen LogP) is 5.56. The third kappa shape index (κ3) is 6.67. The van der Waals surface area contributed by atoms with E-state index in [9.17, 15) is 14.4 Å². The summed E-state index contributed by atoms with van der Waals surface area (Å²) in [4.78, 5) is 47.3. The van der Waals surface area contributed by atoms with E-state index in [4.69, 9.17) is 14.5 Å². The summed E-state index contributed by atoms with van der Waals surface area (Å²) in [6.45, 7) is 8.35. The summed E-state index contributed by atoms with van der Waals surface area (Å²) in [5, 5.41) is 6.85. The molecule has 2 aromatic carbocycles. The molecule has 3 heterocycles. The van der Waals surface area contributed by atoms with E-state index in [1.807, 2.05) is 68.5 Å². The molecule has 236 valence electrons. The first-order chi connectivity index (χ1) is 21.8. The molecular weight excluding hydrogens is 568 g/mol. The number of carbonyl (C=O) groups excluding carboxylic acids is 3. The zero-order valence-electron chi connectivity index (χ0n) is 26.1. The van der Waals surface area contributed by atoms with E-state index in [0.717, 1.165) is 47.0 Å². The Bertz CT molecular complexity index is 1590. The maximum atomic E-state index is 14.1.